The van der Waals surface area contributed by atoms with Crippen molar-refractivity contribution >= 4 is 21.6 Å². The second-order valence-corrected chi connectivity index (χ2v) is 7.58. The van der Waals surface area contributed by atoms with Crippen molar-refractivity contribution < 1.29 is 6.16 Å². The molecule has 0 saturated carbocycles. The highest BCUT2D eigenvalue weighted by atomic mass is 33.1. The summed E-state index contributed by atoms with van der Waals surface area (Å²) in [5, 5.41) is 0. The fourth-order valence-electron chi connectivity index (χ4n) is 0.849. The van der Waals surface area contributed by atoms with E-state index in [4.69, 9.17) is 10.5 Å². The van der Waals surface area contributed by atoms with Gasteiger partial charge in [0.15, 0.2) is 0 Å². The van der Waals surface area contributed by atoms with Crippen LogP contribution in [0.2, 0.25) is 0 Å². The van der Waals surface area contributed by atoms with Crippen molar-refractivity contribution in [3.63, 3.8) is 0 Å². The average molecular weight is 294 g/mol. The third-order valence-corrected chi connectivity index (χ3v) is 5.18. The molecule has 0 amide bonds. The second kappa shape index (κ2) is 13.6. The number of hydrogen-bond acceptors (Lipinski definition) is 4. The average Bonchev–Trinajstić information content (AvgIpc) is 2.33. The predicted octanol–water partition coefficient (Wildman–Crippen LogP) is 4.54. The molecule has 1 unspecified atom stereocenters. The van der Waals surface area contributed by atoms with Gasteiger partial charge in [-0.15, -0.1) is 5.92 Å². The third-order valence-electron chi connectivity index (χ3n) is 1.57. The summed E-state index contributed by atoms with van der Waals surface area (Å²) in [5.74, 6) is 5.76. The van der Waals surface area contributed by atoms with Gasteiger partial charge in [0.2, 0.25) is 0 Å². The van der Waals surface area contributed by atoms with E-state index in [0.717, 1.165) is 19.4 Å². The van der Waals surface area contributed by atoms with Gasteiger partial charge in [0.1, 0.15) is 12.0 Å². The molecule has 0 saturated heterocycles. The molecule has 2 N–H and O–H groups in total. The lowest BCUT2D eigenvalue weighted by Crippen LogP contribution is -2.13. The molecule has 0 aromatic rings. The van der Waals surface area contributed by atoms with E-state index in [2.05, 4.69) is 32.6 Å². The largest absolute Gasteiger partial charge is 0.354 e. The number of rotatable bonds is 7. The topological polar surface area (TPSA) is 35.2 Å². The molecule has 0 fully saturated rings. The molecule has 0 radical (unpaired) electrons. The summed E-state index contributed by atoms with van der Waals surface area (Å²) in [4.78, 5) is 0. The molecule has 0 aliphatic carbocycles. The summed E-state index contributed by atoms with van der Waals surface area (Å²) in [5.41, 5.74) is 5.72. The van der Waals surface area contributed by atoms with Gasteiger partial charge in [0.05, 0.1) is 0 Å². The summed E-state index contributed by atoms with van der Waals surface area (Å²) in [7, 11) is 3.64. The van der Waals surface area contributed by atoms with E-state index >= 15 is 0 Å². The van der Waals surface area contributed by atoms with Gasteiger partial charge in [0.25, 0.3) is 0 Å². The van der Waals surface area contributed by atoms with Gasteiger partial charge in [-0.2, -0.15) is 0 Å². The SMILES string of the molecule is CC.CC#CCOC(CCCN)SSC(C)(C)C.[HH]. The monoisotopic (exact) mass is 293 g/mol. The lowest BCUT2D eigenvalue weighted by atomic mass is 10.3. The standard InChI is InChI=1S/C12H23NOS2.C2H6.H2/c1-5-6-10-14-11(8-7-9-13)15-16-12(2,3)4;1-2;/h11H,7-10,13H2,1-4H3;1-2H3;1H. The van der Waals surface area contributed by atoms with Crippen LogP contribution in [0.4, 0.5) is 0 Å². The fraction of sp³-hybridized carbons (Fsp3) is 0.857. The van der Waals surface area contributed by atoms with Crippen molar-refractivity contribution in [2.75, 3.05) is 13.2 Å². The molecule has 0 heterocycles. The van der Waals surface area contributed by atoms with Gasteiger partial charge in [-0.25, -0.2) is 0 Å². The first-order valence-corrected chi connectivity index (χ1v) is 8.76. The van der Waals surface area contributed by atoms with Crippen molar-refractivity contribution in [3.8, 4) is 11.8 Å². The Balaban J connectivity index is -0.000000809. The molecule has 110 valence electrons. The van der Waals surface area contributed by atoms with E-state index in [-0.39, 0.29) is 11.6 Å². The van der Waals surface area contributed by atoms with E-state index in [1.807, 2.05) is 31.6 Å². The highest BCUT2D eigenvalue weighted by Gasteiger charge is 2.16. The van der Waals surface area contributed by atoms with Gasteiger partial charge in [-0.05, 0) is 26.3 Å². The molecule has 4 heteroatoms. The molecule has 2 nitrogen and oxygen atoms in total. The number of ether oxygens (including phenoxy) is 1. The first kappa shape index (κ1) is 20.5. The smallest absolute Gasteiger partial charge is 0.114 e. The normalized spacial score (nSPS) is 11.9. The Labute approximate surface area is 123 Å². The summed E-state index contributed by atoms with van der Waals surface area (Å²) in [6.07, 6.45) is 2.00. The van der Waals surface area contributed by atoms with Crippen molar-refractivity contribution in [3.05, 3.63) is 0 Å². The summed E-state index contributed by atoms with van der Waals surface area (Å²) < 4.78 is 5.95. The molecule has 0 spiro atoms. The zero-order chi connectivity index (χ0) is 14.4. The van der Waals surface area contributed by atoms with Gasteiger partial charge < -0.3 is 10.5 Å². The quantitative estimate of drug-likeness (QED) is 0.424. The number of hydrogen-bond donors (Lipinski definition) is 1. The molecule has 1 atom stereocenters. The molecule has 0 aliphatic heterocycles. The van der Waals surface area contributed by atoms with Crippen LogP contribution in [0.5, 0.6) is 0 Å². The Morgan fingerprint density at radius 1 is 1.33 bits per heavy atom. The van der Waals surface area contributed by atoms with Crippen molar-refractivity contribution in [2.45, 2.75) is 64.6 Å². The summed E-state index contributed by atoms with van der Waals surface area (Å²) in [6, 6.07) is 0. The van der Waals surface area contributed by atoms with Crippen LogP contribution in [0.25, 0.3) is 0 Å². The van der Waals surface area contributed by atoms with Crippen LogP contribution in [0, 0.1) is 11.8 Å². The minimum absolute atomic E-state index is 0. The maximum absolute atomic E-state index is 5.69. The number of nitrogens with two attached hydrogens (primary N) is 1. The molecular weight excluding hydrogens is 262 g/mol. The Bertz CT molecular complexity index is 234. The molecule has 0 aromatic carbocycles. The van der Waals surface area contributed by atoms with Crippen molar-refractivity contribution in [1.82, 2.24) is 0 Å². The van der Waals surface area contributed by atoms with Crippen molar-refractivity contribution in [2.24, 2.45) is 5.73 Å². The predicted molar refractivity (Wildman–Crippen MR) is 89.9 cm³/mol. The Morgan fingerprint density at radius 3 is 2.39 bits per heavy atom. The van der Waals surface area contributed by atoms with Crippen LogP contribution in [-0.4, -0.2) is 23.3 Å². The Kier molecular flexibility index (Phi) is 15.5. The first-order chi connectivity index (χ1) is 8.49. The maximum atomic E-state index is 5.69. The lowest BCUT2D eigenvalue weighted by Gasteiger charge is -2.21. The Morgan fingerprint density at radius 2 is 1.94 bits per heavy atom. The van der Waals surface area contributed by atoms with Crippen LogP contribution >= 0.6 is 21.6 Å². The first-order valence-electron chi connectivity index (χ1n) is 6.55. The van der Waals surface area contributed by atoms with E-state index in [1.54, 1.807) is 10.8 Å². The van der Waals surface area contributed by atoms with E-state index < -0.39 is 0 Å². The van der Waals surface area contributed by atoms with Crippen molar-refractivity contribution in [1.29, 1.82) is 0 Å². The molecule has 0 rings (SSSR count). The highest BCUT2D eigenvalue weighted by Crippen LogP contribution is 2.39. The molecule has 0 bridgehead atoms. The fourth-order valence-corrected chi connectivity index (χ4v) is 3.27. The minimum atomic E-state index is 0. The van der Waals surface area contributed by atoms with Gasteiger partial charge >= 0.3 is 0 Å². The van der Waals surface area contributed by atoms with Crippen LogP contribution in [-0.2, 0) is 4.74 Å². The third kappa shape index (κ3) is 16.2. The molecular formula is C14H31NOS2. The lowest BCUT2D eigenvalue weighted by molar-refractivity contribution is 0.137. The summed E-state index contributed by atoms with van der Waals surface area (Å²) >= 11 is 0. The van der Waals surface area contributed by atoms with Gasteiger partial charge in [-0.3, -0.25) is 0 Å². The molecule has 18 heavy (non-hydrogen) atoms. The highest BCUT2D eigenvalue weighted by molar-refractivity contribution is 8.77. The van der Waals surface area contributed by atoms with E-state index in [1.165, 1.54) is 0 Å². The van der Waals surface area contributed by atoms with E-state index in [0.29, 0.717) is 6.61 Å². The Hall–Kier alpha value is 0.180. The van der Waals surface area contributed by atoms with E-state index in [9.17, 15) is 0 Å². The molecule has 0 aromatic heterocycles. The van der Waals surface area contributed by atoms with Crippen LogP contribution in [0.1, 0.15) is 55.8 Å². The summed E-state index contributed by atoms with van der Waals surface area (Å²) in [6.45, 7) is 13.7. The van der Waals surface area contributed by atoms with Crippen LogP contribution in [0.3, 0.4) is 0 Å². The van der Waals surface area contributed by atoms with Gasteiger partial charge in [-0.1, -0.05) is 62.1 Å². The van der Waals surface area contributed by atoms with Gasteiger partial charge in [0, 0.05) is 6.17 Å². The zero-order valence-electron chi connectivity index (χ0n) is 12.7. The van der Waals surface area contributed by atoms with Crippen LogP contribution < -0.4 is 5.73 Å². The molecule has 0 aliphatic rings. The second-order valence-electron chi connectivity index (χ2n) is 4.39. The minimum Gasteiger partial charge on any atom is -0.354 e. The zero-order valence-corrected chi connectivity index (χ0v) is 14.3. The van der Waals surface area contributed by atoms with Crippen LogP contribution in [0.15, 0.2) is 0 Å². The maximum Gasteiger partial charge on any atom is 0.114 e.